The number of hydrogen-bond acceptors (Lipinski definition) is 3. The van der Waals surface area contributed by atoms with E-state index in [1.54, 1.807) is 11.3 Å². The van der Waals surface area contributed by atoms with Crippen molar-refractivity contribution in [2.45, 2.75) is 18.9 Å². The molecule has 0 aliphatic carbocycles. The molecular formula is C12H14BrN3S. The number of nitrogens with one attached hydrogen (secondary N) is 1. The van der Waals surface area contributed by atoms with Crippen LogP contribution in [-0.4, -0.2) is 16.3 Å². The van der Waals surface area contributed by atoms with E-state index in [-0.39, 0.29) is 0 Å². The third-order valence-corrected chi connectivity index (χ3v) is 4.87. The van der Waals surface area contributed by atoms with E-state index in [4.69, 9.17) is 0 Å². The topological polar surface area (TPSA) is 29.9 Å². The molecule has 0 spiro atoms. The molecule has 90 valence electrons. The highest BCUT2D eigenvalue weighted by atomic mass is 79.9. The van der Waals surface area contributed by atoms with Crippen LogP contribution in [0.4, 0.5) is 0 Å². The van der Waals surface area contributed by atoms with Gasteiger partial charge in [0.05, 0.1) is 10.6 Å². The van der Waals surface area contributed by atoms with Gasteiger partial charge in [-0.3, -0.25) is 4.68 Å². The Morgan fingerprint density at radius 2 is 2.41 bits per heavy atom. The zero-order valence-electron chi connectivity index (χ0n) is 9.61. The summed E-state index contributed by atoms with van der Waals surface area (Å²) in [6, 6.07) is 4.81. The normalized spacial score (nSPS) is 20.0. The Bertz CT molecular complexity index is 526. The Labute approximate surface area is 113 Å². The average molecular weight is 312 g/mol. The lowest BCUT2D eigenvalue weighted by Crippen LogP contribution is -2.16. The van der Waals surface area contributed by atoms with E-state index >= 15 is 0 Å². The van der Waals surface area contributed by atoms with Gasteiger partial charge in [0, 0.05) is 22.9 Å². The van der Waals surface area contributed by atoms with Crippen LogP contribution in [0.25, 0.3) is 10.6 Å². The molecule has 2 aromatic rings. The second kappa shape index (κ2) is 4.55. The summed E-state index contributed by atoms with van der Waals surface area (Å²) in [6.45, 7) is 1.12. The van der Waals surface area contributed by atoms with Crippen LogP contribution in [0.3, 0.4) is 0 Å². The molecule has 3 heterocycles. The molecule has 0 bridgehead atoms. The number of thiophene rings is 1. The maximum atomic E-state index is 4.61. The van der Waals surface area contributed by atoms with Crippen molar-refractivity contribution in [3.05, 3.63) is 27.7 Å². The largest absolute Gasteiger partial charge is 0.309 e. The summed E-state index contributed by atoms with van der Waals surface area (Å²) in [7, 11) is 2.03. The summed E-state index contributed by atoms with van der Waals surface area (Å²) in [4.78, 5) is 1.22. The van der Waals surface area contributed by atoms with E-state index in [0.29, 0.717) is 6.04 Å². The van der Waals surface area contributed by atoms with Gasteiger partial charge in [-0.2, -0.15) is 5.10 Å². The van der Waals surface area contributed by atoms with E-state index in [1.165, 1.54) is 23.4 Å². The summed E-state index contributed by atoms with van der Waals surface area (Å²) in [5.41, 5.74) is 2.37. The van der Waals surface area contributed by atoms with Gasteiger partial charge in [0.15, 0.2) is 0 Å². The first-order valence-corrected chi connectivity index (χ1v) is 7.43. The van der Waals surface area contributed by atoms with Crippen LogP contribution in [-0.2, 0) is 7.05 Å². The first-order valence-electron chi connectivity index (χ1n) is 5.76. The van der Waals surface area contributed by atoms with Crippen molar-refractivity contribution in [3.63, 3.8) is 0 Å². The van der Waals surface area contributed by atoms with Crippen molar-refractivity contribution in [2.24, 2.45) is 7.05 Å². The van der Waals surface area contributed by atoms with Crippen LogP contribution in [0, 0.1) is 0 Å². The van der Waals surface area contributed by atoms with Crippen molar-refractivity contribution in [3.8, 4) is 10.6 Å². The zero-order valence-corrected chi connectivity index (χ0v) is 12.0. The van der Waals surface area contributed by atoms with Gasteiger partial charge in [-0.15, -0.1) is 11.3 Å². The predicted molar refractivity (Wildman–Crippen MR) is 74.2 cm³/mol. The summed E-state index contributed by atoms with van der Waals surface area (Å²) in [6.07, 6.45) is 2.48. The van der Waals surface area contributed by atoms with Gasteiger partial charge in [-0.1, -0.05) is 0 Å². The minimum absolute atomic E-state index is 0.477. The van der Waals surface area contributed by atoms with Crippen LogP contribution < -0.4 is 5.32 Å². The van der Waals surface area contributed by atoms with Crippen molar-refractivity contribution >= 4 is 27.3 Å². The number of aryl methyl sites for hydroxylation is 1. The third-order valence-electron chi connectivity index (χ3n) is 3.15. The quantitative estimate of drug-likeness (QED) is 0.922. The van der Waals surface area contributed by atoms with Gasteiger partial charge in [-0.25, -0.2) is 0 Å². The Balaban J connectivity index is 1.94. The molecule has 0 aromatic carbocycles. The first kappa shape index (κ1) is 11.4. The molecule has 2 aromatic heterocycles. The lowest BCUT2D eigenvalue weighted by molar-refractivity contribution is 0.575. The Morgan fingerprint density at radius 1 is 1.53 bits per heavy atom. The number of aromatic nitrogens is 2. The number of nitrogens with zero attached hydrogens (tertiary/aromatic N) is 2. The van der Waals surface area contributed by atoms with Crippen molar-refractivity contribution in [2.75, 3.05) is 6.54 Å². The van der Waals surface area contributed by atoms with E-state index in [1.807, 2.05) is 11.7 Å². The molecule has 0 saturated carbocycles. The fraction of sp³-hybridized carbons (Fsp3) is 0.417. The smallest absolute Gasteiger partial charge is 0.103 e. The number of hydrogen-bond donors (Lipinski definition) is 1. The third kappa shape index (κ3) is 2.19. The fourth-order valence-corrected chi connectivity index (χ4v) is 3.70. The van der Waals surface area contributed by atoms with Crippen LogP contribution in [0.2, 0.25) is 0 Å². The maximum Gasteiger partial charge on any atom is 0.103 e. The molecule has 3 rings (SSSR count). The standard InChI is InChI=1S/C12H14BrN3S/c1-16-11(9-3-2-4-14-9)6-10(15-16)12-5-8(13)7-17-12/h5-7,9,14H,2-4H2,1H3. The summed E-state index contributed by atoms with van der Waals surface area (Å²) < 4.78 is 3.13. The molecule has 1 aliphatic rings. The SMILES string of the molecule is Cn1nc(-c2cc(Br)cs2)cc1C1CCCN1. The van der Waals surface area contributed by atoms with Gasteiger partial charge in [-0.05, 0) is 47.4 Å². The van der Waals surface area contributed by atoms with E-state index in [0.717, 1.165) is 16.7 Å². The molecule has 17 heavy (non-hydrogen) atoms. The van der Waals surface area contributed by atoms with Crippen molar-refractivity contribution in [1.29, 1.82) is 0 Å². The van der Waals surface area contributed by atoms with Gasteiger partial charge < -0.3 is 5.32 Å². The van der Waals surface area contributed by atoms with Gasteiger partial charge in [0.25, 0.3) is 0 Å². The number of halogens is 1. The highest BCUT2D eigenvalue weighted by Gasteiger charge is 2.20. The second-order valence-corrected chi connectivity index (χ2v) is 6.18. The van der Waals surface area contributed by atoms with Gasteiger partial charge in [0.1, 0.15) is 5.69 Å². The van der Waals surface area contributed by atoms with Crippen molar-refractivity contribution in [1.82, 2.24) is 15.1 Å². The maximum absolute atomic E-state index is 4.61. The van der Waals surface area contributed by atoms with Crippen LogP contribution in [0.1, 0.15) is 24.6 Å². The molecular weight excluding hydrogens is 298 g/mol. The highest BCUT2D eigenvalue weighted by molar-refractivity contribution is 9.10. The molecule has 1 saturated heterocycles. The van der Waals surface area contributed by atoms with Gasteiger partial charge in [0.2, 0.25) is 0 Å². The molecule has 1 N–H and O–H groups in total. The number of rotatable bonds is 2. The predicted octanol–water partition coefficient (Wildman–Crippen LogP) is 3.34. The zero-order chi connectivity index (χ0) is 11.8. The molecule has 3 nitrogen and oxygen atoms in total. The molecule has 0 amide bonds. The molecule has 1 atom stereocenters. The average Bonchev–Trinajstić information content (AvgIpc) is 2.96. The highest BCUT2D eigenvalue weighted by Crippen LogP contribution is 2.31. The van der Waals surface area contributed by atoms with Crippen LogP contribution in [0.5, 0.6) is 0 Å². The lowest BCUT2D eigenvalue weighted by atomic mass is 10.1. The minimum atomic E-state index is 0.477. The van der Waals surface area contributed by atoms with E-state index < -0.39 is 0 Å². The van der Waals surface area contributed by atoms with E-state index in [2.05, 4.69) is 43.9 Å². The summed E-state index contributed by atoms with van der Waals surface area (Å²) >= 11 is 5.21. The monoisotopic (exact) mass is 311 g/mol. The lowest BCUT2D eigenvalue weighted by Gasteiger charge is -2.09. The molecule has 5 heteroatoms. The first-order chi connectivity index (χ1) is 8.24. The Morgan fingerprint density at radius 3 is 3.06 bits per heavy atom. The molecule has 1 fully saturated rings. The molecule has 1 unspecified atom stereocenters. The van der Waals surface area contributed by atoms with Gasteiger partial charge >= 0.3 is 0 Å². The van der Waals surface area contributed by atoms with E-state index in [9.17, 15) is 0 Å². The molecule has 0 radical (unpaired) electrons. The molecule has 1 aliphatic heterocycles. The fourth-order valence-electron chi connectivity index (χ4n) is 2.31. The second-order valence-electron chi connectivity index (χ2n) is 4.36. The summed E-state index contributed by atoms with van der Waals surface area (Å²) in [5, 5.41) is 10.2. The summed E-state index contributed by atoms with van der Waals surface area (Å²) in [5.74, 6) is 0. The van der Waals surface area contributed by atoms with Crippen LogP contribution >= 0.6 is 27.3 Å². The Hall–Kier alpha value is -0.650. The minimum Gasteiger partial charge on any atom is -0.309 e. The van der Waals surface area contributed by atoms with Crippen LogP contribution in [0.15, 0.2) is 22.0 Å². The van der Waals surface area contributed by atoms with Crippen molar-refractivity contribution < 1.29 is 0 Å². The Kier molecular flexibility index (Phi) is 3.06.